The maximum atomic E-state index is 11.6. The molecule has 1 aliphatic rings. The van der Waals surface area contributed by atoms with E-state index in [-0.39, 0.29) is 5.91 Å². The van der Waals surface area contributed by atoms with Gasteiger partial charge in [-0.3, -0.25) is 4.79 Å². The third-order valence-electron chi connectivity index (χ3n) is 3.16. The molecule has 3 nitrogen and oxygen atoms in total. The quantitative estimate of drug-likeness (QED) is 0.800. The van der Waals surface area contributed by atoms with Crippen molar-refractivity contribution in [3.63, 3.8) is 0 Å². The molecule has 3 rings (SSSR count). The van der Waals surface area contributed by atoms with Crippen molar-refractivity contribution in [1.82, 2.24) is 9.62 Å². The fourth-order valence-electron chi connectivity index (χ4n) is 2.05. The van der Waals surface area contributed by atoms with Gasteiger partial charge in [-0.15, -0.1) is 0 Å². The first-order chi connectivity index (χ1) is 12.3. The maximum Gasteiger partial charge on any atom is 0.248 e. The van der Waals surface area contributed by atoms with Crippen LogP contribution in [0.5, 0.6) is 0 Å². The lowest BCUT2D eigenvalue weighted by molar-refractivity contribution is -0.117. The van der Waals surface area contributed by atoms with Crippen molar-refractivity contribution in [3.8, 4) is 0 Å². The Kier molecular flexibility index (Phi) is 11.2. The van der Waals surface area contributed by atoms with Crippen molar-refractivity contribution in [3.05, 3.63) is 78.4 Å². The molecule has 0 radical (unpaired) electrons. The van der Waals surface area contributed by atoms with Crippen molar-refractivity contribution < 1.29 is 4.79 Å². The minimum absolute atomic E-state index is 0.0589. The molecule has 1 heterocycles. The molecule has 134 valence electrons. The van der Waals surface area contributed by atoms with Crippen LogP contribution in [0.1, 0.15) is 20.8 Å². The van der Waals surface area contributed by atoms with Gasteiger partial charge in [0, 0.05) is 30.1 Å². The van der Waals surface area contributed by atoms with Gasteiger partial charge in [-0.25, -0.2) is 4.31 Å². The number of hydrogen-bond donors (Lipinski definition) is 1. The highest BCUT2D eigenvalue weighted by molar-refractivity contribution is 7.97. The lowest BCUT2D eigenvalue weighted by atomic mass is 10.3. The Hall–Kier alpha value is -2.04. The number of nitrogens with one attached hydrogen (secondary N) is 1. The molecule has 0 atom stereocenters. The van der Waals surface area contributed by atoms with Crippen molar-refractivity contribution >= 4 is 17.9 Å². The number of carbonyl (C=O) groups excluding carboxylic acids is 1. The largest absolute Gasteiger partial charge is 0.353 e. The highest BCUT2D eigenvalue weighted by atomic mass is 32.2. The molecule has 0 bridgehead atoms. The van der Waals surface area contributed by atoms with Gasteiger partial charge in [0.05, 0.1) is 0 Å². The molecule has 2 aromatic carbocycles. The molecular formula is C21H28N2OS. The normalized spacial score (nSPS) is 12.8. The minimum Gasteiger partial charge on any atom is -0.353 e. The van der Waals surface area contributed by atoms with Crippen LogP contribution < -0.4 is 5.32 Å². The summed E-state index contributed by atoms with van der Waals surface area (Å²) >= 11 is 1.69. The van der Waals surface area contributed by atoms with E-state index in [4.69, 9.17) is 0 Å². The van der Waals surface area contributed by atoms with Gasteiger partial charge < -0.3 is 5.32 Å². The zero-order valence-electron chi connectivity index (χ0n) is 15.3. The van der Waals surface area contributed by atoms with Crippen LogP contribution in [0.15, 0.2) is 83.3 Å². The highest BCUT2D eigenvalue weighted by Gasteiger charge is 2.19. The Morgan fingerprint density at radius 2 is 1.52 bits per heavy atom. The average Bonchev–Trinajstić information content (AvgIpc) is 3.15. The van der Waals surface area contributed by atoms with E-state index in [0.29, 0.717) is 13.1 Å². The van der Waals surface area contributed by atoms with E-state index >= 15 is 0 Å². The van der Waals surface area contributed by atoms with Gasteiger partial charge in [-0.05, 0) is 31.0 Å². The fraction of sp³-hybridized carbons (Fsp3) is 0.286. The molecule has 0 aromatic heterocycles. The van der Waals surface area contributed by atoms with Gasteiger partial charge in [0.25, 0.3) is 0 Å². The molecular weight excluding hydrogens is 328 g/mol. The van der Waals surface area contributed by atoms with Crippen LogP contribution in [-0.2, 0) is 4.79 Å². The van der Waals surface area contributed by atoms with Crippen LogP contribution >= 0.6 is 11.9 Å². The summed E-state index contributed by atoms with van der Waals surface area (Å²) in [4.78, 5) is 12.8. The summed E-state index contributed by atoms with van der Waals surface area (Å²) in [5.74, 6) is 0.0589. The molecule has 0 fully saturated rings. The van der Waals surface area contributed by atoms with Crippen LogP contribution in [0.4, 0.5) is 0 Å². The van der Waals surface area contributed by atoms with Crippen molar-refractivity contribution in [2.24, 2.45) is 0 Å². The molecule has 4 heteroatoms. The van der Waals surface area contributed by atoms with E-state index in [0.717, 1.165) is 12.1 Å². The molecule has 0 saturated heterocycles. The molecule has 0 unspecified atom stereocenters. The molecule has 2 aromatic rings. The van der Waals surface area contributed by atoms with Crippen LogP contribution in [0, 0.1) is 0 Å². The third kappa shape index (κ3) is 8.57. The Morgan fingerprint density at radius 1 is 1.00 bits per heavy atom. The van der Waals surface area contributed by atoms with E-state index in [9.17, 15) is 4.79 Å². The van der Waals surface area contributed by atoms with Gasteiger partial charge in [0.15, 0.2) is 0 Å². The summed E-state index contributed by atoms with van der Waals surface area (Å²) in [6.07, 6.45) is 2.00. The Labute approximate surface area is 156 Å². The minimum atomic E-state index is 0.0589. The summed E-state index contributed by atoms with van der Waals surface area (Å²) in [6.45, 7) is 8.16. The topological polar surface area (TPSA) is 32.3 Å². The SMILES string of the molecule is CC.CCNC(=O)C1=CCN(Sc2ccccc2)C1.c1ccccc1. The smallest absolute Gasteiger partial charge is 0.248 e. The number of rotatable bonds is 4. The van der Waals surface area contributed by atoms with Crippen LogP contribution in [-0.4, -0.2) is 29.8 Å². The van der Waals surface area contributed by atoms with E-state index in [1.165, 1.54) is 4.90 Å². The monoisotopic (exact) mass is 356 g/mol. The number of nitrogens with zero attached hydrogens (tertiary/aromatic N) is 1. The summed E-state index contributed by atoms with van der Waals surface area (Å²) in [5, 5.41) is 2.83. The Balaban J connectivity index is 0.000000326. The number of carbonyl (C=O) groups is 1. The summed E-state index contributed by atoms with van der Waals surface area (Å²) in [7, 11) is 0. The van der Waals surface area contributed by atoms with E-state index in [1.807, 2.05) is 81.4 Å². The van der Waals surface area contributed by atoms with E-state index < -0.39 is 0 Å². The highest BCUT2D eigenvalue weighted by Crippen LogP contribution is 2.26. The summed E-state index contributed by atoms with van der Waals surface area (Å²) in [5.41, 5.74) is 0.871. The second-order valence-corrected chi connectivity index (χ2v) is 6.14. The number of likely N-dealkylation sites (N-methyl/N-ethyl adjacent to an activating group) is 1. The second-order valence-electron chi connectivity index (χ2n) is 4.97. The van der Waals surface area contributed by atoms with Gasteiger partial charge >= 0.3 is 0 Å². The van der Waals surface area contributed by atoms with Crippen LogP contribution in [0.3, 0.4) is 0 Å². The third-order valence-corrected chi connectivity index (χ3v) is 4.18. The second kappa shape index (κ2) is 13.3. The number of benzene rings is 2. The van der Waals surface area contributed by atoms with Gasteiger partial charge in [0.1, 0.15) is 0 Å². The molecule has 1 aliphatic heterocycles. The van der Waals surface area contributed by atoms with Crippen LogP contribution in [0.2, 0.25) is 0 Å². The fourth-order valence-corrected chi connectivity index (χ4v) is 2.98. The first kappa shape index (κ1) is 21.0. The van der Waals surface area contributed by atoms with Gasteiger partial charge in [-0.1, -0.05) is 74.5 Å². The molecule has 0 aliphatic carbocycles. The Morgan fingerprint density at radius 3 is 2.04 bits per heavy atom. The number of amides is 1. The molecule has 0 spiro atoms. The zero-order chi connectivity index (χ0) is 18.3. The molecule has 25 heavy (non-hydrogen) atoms. The lowest BCUT2D eigenvalue weighted by Gasteiger charge is -2.14. The average molecular weight is 357 g/mol. The van der Waals surface area contributed by atoms with Crippen molar-refractivity contribution in [2.45, 2.75) is 25.7 Å². The van der Waals surface area contributed by atoms with Crippen molar-refractivity contribution in [2.75, 3.05) is 19.6 Å². The standard InChI is InChI=1S/C13H16N2OS.C6H6.C2H6/c1-2-14-13(16)11-8-9-15(10-11)17-12-6-4-3-5-7-12;1-2-4-6-5-3-1;1-2/h3-8H,2,9-10H2,1H3,(H,14,16);1-6H;1-2H3. The number of hydrogen-bond acceptors (Lipinski definition) is 3. The first-order valence-corrected chi connectivity index (χ1v) is 9.52. The van der Waals surface area contributed by atoms with Gasteiger partial charge in [0.2, 0.25) is 5.91 Å². The summed E-state index contributed by atoms with van der Waals surface area (Å²) < 4.78 is 2.18. The van der Waals surface area contributed by atoms with Crippen LogP contribution in [0.25, 0.3) is 0 Å². The maximum absolute atomic E-state index is 11.6. The lowest BCUT2D eigenvalue weighted by Crippen LogP contribution is -2.26. The van der Waals surface area contributed by atoms with E-state index in [1.54, 1.807) is 11.9 Å². The molecule has 1 N–H and O–H groups in total. The molecule has 1 amide bonds. The van der Waals surface area contributed by atoms with Gasteiger partial charge in [-0.2, -0.15) is 0 Å². The first-order valence-electron chi connectivity index (χ1n) is 8.75. The predicted molar refractivity (Wildman–Crippen MR) is 108 cm³/mol. The van der Waals surface area contributed by atoms with E-state index in [2.05, 4.69) is 21.8 Å². The predicted octanol–water partition coefficient (Wildman–Crippen LogP) is 4.78. The molecule has 0 saturated carbocycles. The summed E-state index contributed by atoms with van der Waals surface area (Å²) in [6, 6.07) is 22.2. The zero-order valence-corrected chi connectivity index (χ0v) is 16.1. The Bertz CT molecular complexity index is 588. The van der Waals surface area contributed by atoms with Crippen molar-refractivity contribution in [1.29, 1.82) is 0 Å².